The van der Waals surface area contributed by atoms with Gasteiger partial charge >= 0.3 is 0 Å². The van der Waals surface area contributed by atoms with Gasteiger partial charge in [0.1, 0.15) is 5.75 Å². The lowest BCUT2D eigenvalue weighted by molar-refractivity contribution is -0.119. The Balaban J connectivity index is 1.60. The van der Waals surface area contributed by atoms with E-state index in [2.05, 4.69) is 11.4 Å². The maximum atomic E-state index is 13.8. The molecule has 1 saturated carbocycles. The first kappa shape index (κ1) is 20.3. The molecule has 3 aromatic carbocycles. The number of hydrogen-bond donors (Lipinski definition) is 1. The summed E-state index contributed by atoms with van der Waals surface area (Å²) in [5.41, 5.74) is 4.21. The van der Waals surface area contributed by atoms with Crippen molar-refractivity contribution in [3.63, 3.8) is 0 Å². The van der Waals surface area contributed by atoms with Crippen molar-refractivity contribution >= 4 is 17.5 Å². The SMILES string of the molecule is COc1ccc(NC(=O)[C@H]2c3ccccc3C(=O)N(C3CC3)[C@H]2c2cccc(C)c2)cc1. The number of fused-ring (bicyclic) bond motifs is 1. The largest absolute Gasteiger partial charge is 0.497 e. The molecule has 162 valence electrons. The summed E-state index contributed by atoms with van der Waals surface area (Å²) in [6.45, 7) is 2.04. The molecule has 1 N–H and O–H groups in total. The summed E-state index contributed by atoms with van der Waals surface area (Å²) >= 11 is 0. The van der Waals surface area contributed by atoms with Crippen molar-refractivity contribution in [1.29, 1.82) is 0 Å². The predicted octanol–water partition coefficient (Wildman–Crippen LogP) is 5.09. The second-order valence-electron chi connectivity index (χ2n) is 8.59. The van der Waals surface area contributed by atoms with Crippen LogP contribution in [0.2, 0.25) is 0 Å². The molecule has 2 amide bonds. The lowest BCUT2D eigenvalue weighted by Gasteiger charge is -2.42. The molecule has 3 aromatic rings. The molecule has 0 aromatic heterocycles. The Labute approximate surface area is 188 Å². The van der Waals surface area contributed by atoms with E-state index >= 15 is 0 Å². The van der Waals surface area contributed by atoms with Crippen molar-refractivity contribution in [3.05, 3.63) is 95.1 Å². The highest BCUT2D eigenvalue weighted by Gasteiger charge is 2.49. The van der Waals surface area contributed by atoms with E-state index in [1.54, 1.807) is 7.11 Å². The summed E-state index contributed by atoms with van der Waals surface area (Å²) in [4.78, 5) is 29.3. The van der Waals surface area contributed by atoms with Gasteiger partial charge in [0.15, 0.2) is 0 Å². The van der Waals surface area contributed by atoms with Crippen molar-refractivity contribution in [3.8, 4) is 5.75 Å². The molecule has 0 spiro atoms. The fourth-order valence-corrected chi connectivity index (χ4v) is 4.69. The number of rotatable bonds is 5. The van der Waals surface area contributed by atoms with Gasteiger partial charge in [-0.15, -0.1) is 0 Å². The van der Waals surface area contributed by atoms with Gasteiger partial charge in [-0.3, -0.25) is 9.59 Å². The average Bonchev–Trinajstić information content (AvgIpc) is 3.64. The van der Waals surface area contributed by atoms with Crippen molar-refractivity contribution < 1.29 is 14.3 Å². The van der Waals surface area contributed by atoms with E-state index in [1.165, 1.54) is 0 Å². The van der Waals surface area contributed by atoms with Crippen LogP contribution < -0.4 is 10.1 Å². The van der Waals surface area contributed by atoms with Gasteiger partial charge < -0.3 is 15.0 Å². The Morgan fingerprint density at radius 1 is 1.00 bits per heavy atom. The van der Waals surface area contributed by atoms with Crippen molar-refractivity contribution in [2.75, 3.05) is 12.4 Å². The third-order valence-electron chi connectivity index (χ3n) is 6.34. The van der Waals surface area contributed by atoms with Gasteiger partial charge in [-0.1, -0.05) is 48.0 Å². The Kier molecular flexibility index (Phi) is 5.17. The van der Waals surface area contributed by atoms with E-state index in [-0.39, 0.29) is 23.9 Å². The first-order chi connectivity index (χ1) is 15.6. The second kappa shape index (κ2) is 8.15. The molecule has 2 aliphatic rings. The molecule has 2 atom stereocenters. The van der Waals surface area contributed by atoms with Crippen LogP contribution in [0.15, 0.2) is 72.8 Å². The monoisotopic (exact) mass is 426 g/mol. The molecule has 1 aliphatic carbocycles. The fraction of sp³-hybridized carbons (Fsp3) is 0.259. The highest BCUT2D eigenvalue weighted by atomic mass is 16.5. The van der Waals surface area contributed by atoms with Crippen LogP contribution in [0.4, 0.5) is 5.69 Å². The van der Waals surface area contributed by atoms with Crippen LogP contribution in [0.5, 0.6) is 5.75 Å². The number of hydrogen-bond acceptors (Lipinski definition) is 3. The van der Waals surface area contributed by atoms with Crippen LogP contribution >= 0.6 is 0 Å². The number of aryl methyl sites for hydroxylation is 1. The fourth-order valence-electron chi connectivity index (χ4n) is 4.69. The Bertz CT molecular complexity index is 1170. The van der Waals surface area contributed by atoms with E-state index in [0.29, 0.717) is 11.3 Å². The van der Waals surface area contributed by atoms with Crippen molar-refractivity contribution in [2.45, 2.75) is 37.8 Å². The quantitative estimate of drug-likeness (QED) is 0.619. The third-order valence-corrected chi connectivity index (χ3v) is 6.34. The lowest BCUT2D eigenvalue weighted by atomic mass is 9.78. The number of anilines is 1. The molecule has 1 aliphatic heterocycles. The molecule has 1 heterocycles. The zero-order chi connectivity index (χ0) is 22.2. The second-order valence-corrected chi connectivity index (χ2v) is 8.59. The summed E-state index contributed by atoms with van der Waals surface area (Å²) in [5.74, 6) is 0.123. The molecular formula is C27H26N2O3. The maximum absolute atomic E-state index is 13.8. The third kappa shape index (κ3) is 3.64. The molecule has 0 saturated heterocycles. The van der Waals surface area contributed by atoms with Gasteiger partial charge in [0.05, 0.1) is 19.1 Å². The highest BCUT2D eigenvalue weighted by Crippen LogP contribution is 2.48. The summed E-state index contributed by atoms with van der Waals surface area (Å²) in [6, 6.07) is 22.8. The molecule has 5 nitrogen and oxygen atoms in total. The number of carbonyl (C=O) groups is 2. The minimum atomic E-state index is -0.506. The van der Waals surface area contributed by atoms with Gasteiger partial charge in [0.2, 0.25) is 5.91 Å². The first-order valence-electron chi connectivity index (χ1n) is 11.0. The van der Waals surface area contributed by atoms with Gasteiger partial charge in [0, 0.05) is 17.3 Å². The summed E-state index contributed by atoms with van der Waals surface area (Å²) in [6.07, 6.45) is 1.95. The van der Waals surface area contributed by atoms with Crippen molar-refractivity contribution in [2.24, 2.45) is 0 Å². The zero-order valence-electron chi connectivity index (χ0n) is 18.2. The molecule has 5 rings (SSSR count). The molecule has 0 unspecified atom stereocenters. The number of amides is 2. The zero-order valence-corrected chi connectivity index (χ0v) is 18.2. The van der Waals surface area contributed by atoms with E-state index in [9.17, 15) is 9.59 Å². The van der Waals surface area contributed by atoms with Gasteiger partial charge in [0.25, 0.3) is 5.91 Å². The molecule has 5 heteroatoms. The van der Waals surface area contributed by atoms with E-state index < -0.39 is 5.92 Å². The Morgan fingerprint density at radius 2 is 1.75 bits per heavy atom. The van der Waals surface area contributed by atoms with E-state index in [1.807, 2.05) is 78.6 Å². The standard InChI is InChI=1S/C27H26N2O3/c1-17-6-5-7-18(16-17)25-24(26(30)28-19-10-14-21(32-2)15-11-19)22-8-3-4-9-23(22)27(31)29(25)20-12-13-20/h3-11,14-16,20,24-25H,12-13H2,1-2H3,(H,28,30)/t24-,25-/m0/s1. The topological polar surface area (TPSA) is 58.6 Å². The van der Waals surface area contributed by atoms with Gasteiger partial charge in [-0.05, 0) is 61.2 Å². The number of methoxy groups -OCH3 is 1. The van der Waals surface area contributed by atoms with Gasteiger partial charge in [-0.25, -0.2) is 0 Å². The first-order valence-corrected chi connectivity index (χ1v) is 11.0. The summed E-state index contributed by atoms with van der Waals surface area (Å²) < 4.78 is 5.23. The minimum absolute atomic E-state index is 0.0168. The smallest absolute Gasteiger partial charge is 0.254 e. The predicted molar refractivity (Wildman–Crippen MR) is 124 cm³/mol. The number of nitrogens with one attached hydrogen (secondary N) is 1. The van der Waals surface area contributed by atoms with Crippen LogP contribution in [0.1, 0.15) is 51.8 Å². The summed E-state index contributed by atoms with van der Waals surface area (Å²) in [7, 11) is 1.61. The molecular weight excluding hydrogens is 400 g/mol. The van der Waals surface area contributed by atoms with Gasteiger partial charge in [-0.2, -0.15) is 0 Å². The van der Waals surface area contributed by atoms with E-state index in [0.717, 1.165) is 35.3 Å². The average molecular weight is 427 g/mol. The normalized spacial score (nSPS) is 19.9. The van der Waals surface area contributed by atoms with Crippen molar-refractivity contribution in [1.82, 2.24) is 4.90 Å². The van der Waals surface area contributed by atoms with Crippen LogP contribution in [0, 0.1) is 6.92 Å². The molecule has 1 fully saturated rings. The Morgan fingerprint density at radius 3 is 2.44 bits per heavy atom. The Hall–Kier alpha value is -3.60. The molecule has 0 radical (unpaired) electrons. The highest BCUT2D eigenvalue weighted by molar-refractivity contribution is 6.04. The lowest BCUT2D eigenvalue weighted by Crippen LogP contribution is -2.47. The minimum Gasteiger partial charge on any atom is -0.497 e. The number of carbonyl (C=O) groups excluding carboxylic acids is 2. The van der Waals surface area contributed by atoms with Crippen LogP contribution in [0.25, 0.3) is 0 Å². The van der Waals surface area contributed by atoms with Crippen LogP contribution in [-0.2, 0) is 4.79 Å². The van der Waals surface area contributed by atoms with Crippen LogP contribution in [0.3, 0.4) is 0 Å². The number of benzene rings is 3. The molecule has 0 bridgehead atoms. The van der Waals surface area contributed by atoms with E-state index in [4.69, 9.17) is 4.74 Å². The van der Waals surface area contributed by atoms with Crippen LogP contribution in [-0.4, -0.2) is 29.9 Å². The number of ether oxygens (including phenoxy) is 1. The maximum Gasteiger partial charge on any atom is 0.254 e. The molecule has 32 heavy (non-hydrogen) atoms. The number of nitrogens with zero attached hydrogens (tertiary/aromatic N) is 1. The summed E-state index contributed by atoms with van der Waals surface area (Å²) in [5, 5.41) is 3.08.